The lowest BCUT2D eigenvalue weighted by molar-refractivity contribution is 0.0734. The molecule has 0 amide bonds. The monoisotopic (exact) mass is 300 g/mol. The van der Waals surface area contributed by atoms with E-state index in [1.54, 1.807) is 55.6 Å². The first-order valence-corrected chi connectivity index (χ1v) is 7.17. The summed E-state index contributed by atoms with van der Waals surface area (Å²) in [4.78, 5) is 12.1. The number of hydrogen-bond acceptors (Lipinski definition) is 4. The zero-order valence-electron chi connectivity index (χ0n) is 13.0. The zero-order valence-corrected chi connectivity index (χ0v) is 13.0. The molecule has 0 aliphatic rings. The molecular formula is C18H20O4. The third-order valence-electron chi connectivity index (χ3n) is 2.94. The minimum absolute atomic E-state index is 0.402. The summed E-state index contributed by atoms with van der Waals surface area (Å²) in [6.45, 7) is 4.82. The van der Waals surface area contributed by atoms with Gasteiger partial charge in [-0.15, -0.1) is 0 Å². The van der Waals surface area contributed by atoms with Gasteiger partial charge >= 0.3 is 5.97 Å². The van der Waals surface area contributed by atoms with Crippen LogP contribution < -0.4 is 14.2 Å². The fraction of sp³-hybridized carbons (Fsp3) is 0.278. The molecule has 2 rings (SSSR count). The normalized spacial score (nSPS) is 10.4. The van der Waals surface area contributed by atoms with Gasteiger partial charge in [0.25, 0.3) is 0 Å². The molecule has 0 heterocycles. The minimum Gasteiger partial charge on any atom is -0.497 e. The number of esters is 1. The van der Waals surface area contributed by atoms with Crippen LogP contribution in [0.5, 0.6) is 17.2 Å². The Morgan fingerprint density at radius 2 is 1.45 bits per heavy atom. The highest BCUT2D eigenvalue weighted by Crippen LogP contribution is 2.19. The van der Waals surface area contributed by atoms with E-state index in [1.807, 2.05) is 0 Å². The van der Waals surface area contributed by atoms with Gasteiger partial charge in [0, 0.05) is 0 Å². The summed E-state index contributed by atoms with van der Waals surface area (Å²) in [6.07, 6.45) is 0. The fourth-order valence-electron chi connectivity index (χ4n) is 1.76. The van der Waals surface area contributed by atoms with Crippen molar-refractivity contribution in [3.63, 3.8) is 0 Å². The molecule has 116 valence electrons. The number of methoxy groups -OCH3 is 1. The molecule has 0 N–H and O–H groups in total. The van der Waals surface area contributed by atoms with Crippen LogP contribution in [-0.4, -0.2) is 19.7 Å². The average Bonchev–Trinajstić information content (AvgIpc) is 2.54. The molecule has 0 unspecified atom stereocenters. The summed E-state index contributed by atoms with van der Waals surface area (Å²) < 4.78 is 15.9. The summed E-state index contributed by atoms with van der Waals surface area (Å²) in [6, 6.07) is 13.8. The van der Waals surface area contributed by atoms with Gasteiger partial charge in [-0.05, 0) is 54.4 Å². The van der Waals surface area contributed by atoms with Gasteiger partial charge in [0.2, 0.25) is 0 Å². The second-order valence-corrected chi connectivity index (χ2v) is 5.29. The molecule has 0 aliphatic carbocycles. The van der Waals surface area contributed by atoms with Gasteiger partial charge < -0.3 is 14.2 Å². The Kier molecular flexibility index (Phi) is 5.42. The van der Waals surface area contributed by atoms with Crippen LogP contribution in [0.3, 0.4) is 0 Å². The Balaban J connectivity index is 1.96. The highest BCUT2D eigenvalue weighted by molar-refractivity contribution is 5.91. The van der Waals surface area contributed by atoms with E-state index in [-0.39, 0.29) is 0 Å². The van der Waals surface area contributed by atoms with Crippen LogP contribution in [0.1, 0.15) is 24.2 Å². The molecule has 2 aromatic carbocycles. The van der Waals surface area contributed by atoms with Crippen LogP contribution in [0, 0.1) is 5.92 Å². The van der Waals surface area contributed by atoms with E-state index in [0.29, 0.717) is 29.6 Å². The maximum absolute atomic E-state index is 12.1. The minimum atomic E-state index is -0.402. The first kappa shape index (κ1) is 15.9. The van der Waals surface area contributed by atoms with Gasteiger partial charge in [0.05, 0.1) is 19.3 Å². The van der Waals surface area contributed by atoms with Gasteiger partial charge in [-0.3, -0.25) is 0 Å². The van der Waals surface area contributed by atoms with Crippen molar-refractivity contribution in [1.82, 2.24) is 0 Å². The van der Waals surface area contributed by atoms with Crippen molar-refractivity contribution in [2.75, 3.05) is 13.7 Å². The van der Waals surface area contributed by atoms with Crippen LogP contribution >= 0.6 is 0 Å². The molecule has 0 spiro atoms. The van der Waals surface area contributed by atoms with Crippen molar-refractivity contribution in [3.05, 3.63) is 54.1 Å². The SMILES string of the molecule is COc1ccc(OC(=O)c2ccc(OCC(C)C)cc2)cc1. The topological polar surface area (TPSA) is 44.8 Å². The van der Waals surface area contributed by atoms with E-state index in [9.17, 15) is 4.79 Å². The smallest absolute Gasteiger partial charge is 0.343 e. The summed E-state index contributed by atoms with van der Waals surface area (Å²) in [7, 11) is 1.59. The Labute approximate surface area is 130 Å². The summed E-state index contributed by atoms with van der Waals surface area (Å²) in [5.74, 6) is 1.99. The quantitative estimate of drug-likeness (QED) is 0.598. The molecule has 0 aliphatic heterocycles. The van der Waals surface area contributed by atoms with Crippen LogP contribution in [0.2, 0.25) is 0 Å². The Hall–Kier alpha value is -2.49. The lowest BCUT2D eigenvalue weighted by atomic mass is 10.2. The highest BCUT2D eigenvalue weighted by Gasteiger charge is 2.09. The van der Waals surface area contributed by atoms with Crippen molar-refractivity contribution < 1.29 is 19.0 Å². The molecular weight excluding hydrogens is 280 g/mol. The number of carbonyl (C=O) groups is 1. The lowest BCUT2D eigenvalue weighted by Crippen LogP contribution is -2.09. The highest BCUT2D eigenvalue weighted by atomic mass is 16.5. The number of ether oxygens (including phenoxy) is 3. The number of carbonyl (C=O) groups excluding carboxylic acids is 1. The molecule has 0 saturated heterocycles. The van der Waals surface area contributed by atoms with Crippen molar-refractivity contribution in [1.29, 1.82) is 0 Å². The second kappa shape index (κ2) is 7.50. The van der Waals surface area contributed by atoms with Gasteiger partial charge in [0.1, 0.15) is 17.2 Å². The second-order valence-electron chi connectivity index (χ2n) is 5.29. The Morgan fingerprint density at radius 3 is 2.00 bits per heavy atom. The predicted octanol–water partition coefficient (Wildman–Crippen LogP) is 3.95. The van der Waals surface area contributed by atoms with E-state index in [1.165, 1.54) is 0 Å². The maximum atomic E-state index is 12.1. The largest absolute Gasteiger partial charge is 0.497 e. The van der Waals surface area contributed by atoms with Gasteiger partial charge in [-0.25, -0.2) is 4.79 Å². The molecule has 4 heteroatoms. The Morgan fingerprint density at radius 1 is 0.909 bits per heavy atom. The average molecular weight is 300 g/mol. The van der Waals surface area contributed by atoms with Gasteiger partial charge in [-0.2, -0.15) is 0 Å². The molecule has 22 heavy (non-hydrogen) atoms. The third-order valence-corrected chi connectivity index (χ3v) is 2.94. The number of rotatable bonds is 6. The molecule has 0 radical (unpaired) electrons. The van der Waals surface area contributed by atoms with Crippen LogP contribution in [-0.2, 0) is 0 Å². The molecule has 0 bridgehead atoms. The molecule has 0 atom stereocenters. The van der Waals surface area contributed by atoms with Gasteiger partial charge in [-0.1, -0.05) is 13.8 Å². The standard InChI is InChI=1S/C18H20O4/c1-13(2)12-21-16-6-4-14(5-7-16)18(19)22-17-10-8-15(20-3)9-11-17/h4-11,13H,12H2,1-3H3. The fourth-order valence-corrected chi connectivity index (χ4v) is 1.76. The summed E-state index contributed by atoms with van der Waals surface area (Å²) >= 11 is 0. The van der Waals surface area contributed by atoms with E-state index >= 15 is 0 Å². The van der Waals surface area contributed by atoms with E-state index in [0.717, 1.165) is 5.75 Å². The van der Waals surface area contributed by atoms with Crippen molar-refractivity contribution >= 4 is 5.97 Å². The van der Waals surface area contributed by atoms with E-state index < -0.39 is 5.97 Å². The van der Waals surface area contributed by atoms with Crippen molar-refractivity contribution in [2.24, 2.45) is 5.92 Å². The first-order chi connectivity index (χ1) is 10.6. The third kappa shape index (κ3) is 4.52. The molecule has 0 aromatic heterocycles. The van der Waals surface area contributed by atoms with Crippen LogP contribution in [0.4, 0.5) is 0 Å². The molecule has 2 aromatic rings. The molecule has 4 nitrogen and oxygen atoms in total. The maximum Gasteiger partial charge on any atom is 0.343 e. The van der Waals surface area contributed by atoms with E-state index in [2.05, 4.69) is 13.8 Å². The van der Waals surface area contributed by atoms with E-state index in [4.69, 9.17) is 14.2 Å². The number of hydrogen-bond donors (Lipinski definition) is 0. The molecule has 0 saturated carbocycles. The lowest BCUT2D eigenvalue weighted by Gasteiger charge is -2.09. The predicted molar refractivity (Wildman–Crippen MR) is 84.7 cm³/mol. The van der Waals surface area contributed by atoms with Crippen LogP contribution in [0.25, 0.3) is 0 Å². The zero-order chi connectivity index (χ0) is 15.9. The first-order valence-electron chi connectivity index (χ1n) is 7.17. The molecule has 0 fully saturated rings. The Bertz CT molecular complexity index is 600. The summed E-state index contributed by atoms with van der Waals surface area (Å²) in [5, 5.41) is 0. The van der Waals surface area contributed by atoms with Crippen molar-refractivity contribution in [3.8, 4) is 17.2 Å². The summed E-state index contributed by atoms with van der Waals surface area (Å²) in [5.41, 5.74) is 0.479. The van der Waals surface area contributed by atoms with Gasteiger partial charge in [0.15, 0.2) is 0 Å². The van der Waals surface area contributed by atoms with Crippen LogP contribution in [0.15, 0.2) is 48.5 Å². The van der Waals surface area contributed by atoms with Crippen molar-refractivity contribution in [2.45, 2.75) is 13.8 Å². The number of benzene rings is 2.